The minimum Gasteiger partial charge on any atom is -0.483 e. The average Bonchev–Trinajstić information content (AvgIpc) is 3.06. The second-order valence-corrected chi connectivity index (χ2v) is 9.37. The number of hydrogen-bond donors (Lipinski definition) is 1. The molecule has 0 bridgehead atoms. The molecule has 0 aliphatic rings. The van der Waals surface area contributed by atoms with Crippen molar-refractivity contribution in [2.45, 2.75) is 27.7 Å². The first-order valence-electron chi connectivity index (χ1n) is 9.70. The number of carbonyl (C=O) groups is 2. The Labute approximate surface area is 194 Å². The van der Waals surface area contributed by atoms with E-state index >= 15 is 0 Å². The molecule has 1 heterocycles. The maximum atomic E-state index is 12.7. The Morgan fingerprint density at radius 2 is 1.65 bits per heavy atom. The van der Waals surface area contributed by atoms with Crippen LogP contribution in [0, 0.1) is 27.7 Å². The Morgan fingerprint density at radius 3 is 2.29 bits per heavy atom. The molecule has 2 aromatic carbocycles. The Bertz CT molecular complexity index is 1140. The van der Waals surface area contributed by atoms with Crippen LogP contribution in [0.4, 0.5) is 5.00 Å². The predicted molar refractivity (Wildman–Crippen MR) is 128 cm³/mol. The highest BCUT2D eigenvalue weighted by Gasteiger charge is 2.25. The number of aryl methyl sites for hydroxylation is 3. The van der Waals surface area contributed by atoms with Gasteiger partial charge in [0.05, 0.1) is 7.11 Å². The number of thiophene rings is 1. The first-order chi connectivity index (χ1) is 14.7. The molecule has 5 nitrogen and oxygen atoms in total. The monoisotopic (exact) mass is 501 g/mol. The molecule has 0 aliphatic heterocycles. The van der Waals surface area contributed by atoms with E-state index in [1.807, 2.05) is 64.1 Å². The van der Waals surface area contributed by atoms with Gasteiger partial charge in [0.25, 0.3) is 5.91 Å². The first kappa shape index (κ1) is 23.0. The van der Waals surface area contributed by atoms with Crippen molar-refractivity contribution < 1.29 is 19.1 Å². The topological polar surface area (TPSA) is 64.6 Å². The van der Waals surface area contributed by atoms with E-state index in [1.54, 1.807) is 0 Å². The maximum absolute atomic E-state index is 12.7. The lowest BCUT2D eigenvalue weighted by molar-refractivity contribution is -0.118. The Morgan fingerprint density at radius 1 is 1.00 bits per heavy atom. The molecule has 1 aromatic heterocycles. The summed E-state index contributed by atoms with van der Waals surface area (Å²) in [5.41, 5.74) is 5.06. The van der Waals surface area contributed by atoms with E-state index in [0.29, 0.717) is 16.3 Å². The van der Waals surface area contributed by atoms with Gasteiger partial charge in [0, 0.05) is 14.9 Å². The molecule has 0 atom stereocenters. The van der Waals surface area contributed by atoms with Gasteiger partial charge in [-0.25, -0.2) is 4.79 Å². The van der Waals surface area contributed by atoms with Crippen molar-refractivity contribution in [3.63, 3.8) is 0 Å². The zero-order chi connectivity index (χ0) is 22.7. The minimum atomic E-state index is -0.496. The smallest absolute Gasteiger partial charge is 0.341 e. The van der Waals surface area contributed by atoms with Gasteiger partial charge in [-0.3, -0.25) is 4.79 Å². The number of ether oxygens (including phenoxy) is 2. The molecule has 1 amide bonds. The number of carbonyl (C=O) groups excluding carboxylic acids is 2. The number of methoxy groups -OCH3 is 1. The molecule has 0 radical (unpaired) electrons. The third-order valence-electron chi connectivity index (χ3n) is 5.08. The molecular weight excluding hydrogens is 478 g/mol. The number of halogens is 1. The van der Waals surface area contributed by atoms with Gasteiger partial charge in [0.15, 0.2) is 6.61 Å². The van der Waals surface area contributed by atoms with E-state index in [4.69, 9.17) is 9.47 Å². The van der Waals surface area contributed by atoms with E-state index in [0.717, 1.165) is 37.2 Å². The van der Waals surface area contributed by atoms with E-state index < -0.39 is 5.97 Å². The van der Waals surface area contributed by atoms with Crippen molar-refractivity contribution >= 4 is 44.1 Å². The van der Waals surface area contributed by atoms with Crippen molar-refractivity contribution in [1.82, 2.24) is 0 Å². The summed E-state index contributed by atoms with van der Waals surface area (Å²) in [5.74, 6) is -0.126. The van der Waals surface area contributed by atoms with Crippen LogP contribution in [0.1, 0.15) is 31.9 Å². The van der Waals surface area contributed by atoms with Crippen molar-refractivity contribution in [3.8, 4) is 16.9 Å². The zero-order valence-electron chi connectivity index (χ0n) is 18.1. The van der Waals surface area contributed by atoms with Crippen molar-refractivity contribution in [2.75, 3.05) is 19.0 Å². The summed E-state index contributed by atoms with van der Waals surface area (Å²) in [4.78, 5) is 26.2. The van der Waals surface area contributed by atoms with Crippen molar-refractivity contribution in [3.05, 3.63) is 68.0 Å². The molecule has 0 aliphatic carbocycles. The molecule has 0 unspecified atom stereocenters. The lowest BCUT2D eigenvalue weighted by Crippen LogP contribution is -2.21. The predicted octanol–water partition coefficient (Wildman–Crippen LogP) is 6.22. The largest absolute Gasteiger partial charge is 0.483 e. The van der Waals surface area contributed by atoms with Crippen LogP contribution in [-0.2, 0) is 9.53 Å². The highest BCUT2D eigenvalue weighted by atomic mass is 79.9. The molecule has 3 aromatic rings. The molecule has 1 N–H and O–H groups in total. The summed E-state index contributed by atoms with van der Waals surface area (Å²) in [6, 6.07) is 11.7. The summed E-state index contributed by atoms with van der Waals surface area (Å²) in [6.45, 7) is 7.68. The first-order valence-corrected chi connectivity index (χ1v) is 11.3. The minimum absolute atomic E-state index is 0.156. The fourth-order valence-electron chi connectivity index (χ4n) is 3.34. The lowest BCUT2D eigenvalue weighted by Gasteiger charge is -2.14. The van der Waals surface area contributed by atoms with Crippen LogP contribution in [0.3, 0.4) is 0 Å². The van der Waals surface area contributed by atoms with Crippen LogP contribution in [0.25, 0.3) is 11.1 Å². The van der Waals surface area contributed by atoms with Crippen LogP contribution >= 0.6 is 27.3 Å². The van der Waals surface area contributed by atoms with E-state index in [2.05, 4.69) is 21.2 Å². The second kappa shape index (κ2) is 9.66. The molecule has 0 saturated heterocycles. The molecular formula is C24H24BrNO4S. The molecule has 0 fully saturated rings. The van der Waals surface area contributed by atoms with Gasteiger partial charge in [-0.1, -0.05) is 40.2 Å². The maximum Gasteiger partial charge on any atom is 0.341 e. The average molecular weight is 502 g/mol. The number of benzene rings is 2. The number of amides is 1. The standard InChI is InChI=1S/C24H24BrNO4S/c1-13-6-7-14(2)22(15(13)3)30-12-19(27)26-23-21(24(28)29-5)20(16(4)31-23)17-8-10-18(25)11-9-17/h6-11H,12H2,1-5H3,(H,26,27). The second-order valence-electron chi connectivity index (χ2n) is 7.23. The van der Waals surface area contributed by atoms with Gasteiger partial charge >= 0.3 is 5.97 Å². The van der Waals surface area contributed by atoms with Crippen LogP contribution in [0.5, 0.6) is 5.75 Å². The van der Waals surface area contributed by atoms with E-state index in [9.17, 15) is 9.59 Å². The summed E-state index contributed by atoms with van der Waals surface area (Å²) >= 11 is 4.77. The third-order valence-corrected chi connectivity index (χ3v) is 6.63. The number of rotatable bonds is 6. The van der Waals surface area contributed by atoms with Gasteiger partial charge in [0.2, 0.25) is 0 Å². The number of esters is 1. The molecule has 31 heavy (non-hydrogen) atoms. The van der Waals surface area contributed by atoms with Gasteiger partial charge in [-0.15, -0.1) is 11.3 Å². The van der Waals surface area contributed by atoms with Gasteiger partial charge in [-0.05, 0) is 62.1 Å². The summed E-state index contributed by atoms with van der Waals surface area (Å²) in [5, 5.41) is 3.29. The quantitative estimate of drug-likeness (QED) is 0.407. The lowest BCUT2D eigenvalue weighted by atomic mass is 10.0. The number of hydrogen-bond acceptors (Lipinski definition) is 5. The van der Waals surface area contributed by atoms with Gasteiger partial charge in [-0.2, -0.15) is 0 Å². The Kier molecular flexibility index (Phi) is 7.18. The van der Waals surface area contributed by atoms with Gasteiger partial charge < -0.3 is 14.8 Å². The normalized spacial score (nSPS) is 10.6. The highest BCUT2D eigenvalue weighted by molar-refractivity contribution is 9.10. The van der Waals surface area contributed by atoms with Gasteiger partial charge in [0.1, 0.15) is 16.3 Å². The van der Waals surface area contributed by atoms with Crippen LogP contribution < -0.4 is 10.1 Å². The molecule has 0 spiro atoms. The summed E-state index contributed by atoms with van der Waals surface area (Å²) < 4.78 is 11.8. The summed E-state index contributed by atoms with van der Waals surface area (Å²) in [7, 11) is 1.33. The third kappa shape index (κ3) is 4.99. The highest BCUT2D eigenvalue weighted by Crippen LogP contribution is 2.40. The number of nitrogens with one attached hydrogen (secondary N) is 1. The molecule has 162 valence electrons. The summed E-state index contributed by atoms with van der Waals surface area (Å²) in [6.07, 6.45) is 0. The van der Waals surface area contributed by atoms with Crippen molar-refractivity contribution in [1.29, 1.82) is 0 Å². The van der Waals surface area contributed by atoms with Crippen LogP contribution in [0.2, 0.25) is 0 Å². The fourth-order valence-corrected chi connectivity index (χ4v) is 4.69. The Balaban J connectivity index is 1.87. The Hall–Kier alpha value is -2.64. The molecule has 3 rings (SSSR count). The van der Waals surface area contributed by atoms with E-state index in [-0.39, 0.29) is 12.5 Å². The van der Waals surface area contributed by atoms with Crippen LogP contribution in [0.15, 0.2) is 40.9 Å². The molecule has 0 saturated carbocycles. The van der Waals surface area contributed by atoms with Crippen LogP contribution in [-0.4, -0.2) is 25.6 Å². The SMILES string of the molecule is COC(=O)c1c(NC(=O)COc2c(C)ccc(C)c2C)sc(C)c1-c1ccc(Br)cc1. The van der Waals surface area contributed by atoms with E-state index in [1.165, 1.54) is 18.4 Å². The van der Waals surface area contributed by atoms with Crippen molar-refractivity contribution in [2.24, 2.45) is 0 Å². The zero-order valence-corrected chi connectivity index (χ0v) is 20.5. The fraction of sp³-hybridized carbons (Fsp3) is 0.250. The molecule has 7 heteroatoms. The number of anilines is 1.